The first-order chi connectivity index (χ1) is 14.9. The normalized spacial score (nSPS) is 17.6. The van der Waals surface area contributed by atoms with Crippen LogP contribution in [-0.2, 0) is 0 Å². The van der Waals surface area contributed by atoms with Crippen LogP contribution in [0.3, 0.4) is 0 Å². The molecule has 1 spiro atoms. The lowest BCUT2D eigenvalue weighted by Crippen LogP contribution is -2.54. The SMILES string of the molecule is COc1ccc(NC(=O)N2CCC3(CC2)SCCN3C(=O)c2ccc(Cl)cc2Cl)cc1. The largest absolute Gasteiger partial charge is 0.497 e. The van der Waals surface area contributed by atoms with Gasteiger partial charge in [-0.25, -0.2) is 4.79 Å². The lowest BCUT2D eigenvalue weighted by molar-refractivity contribution is 0.0586. The van der Waals surface area contributed by atoms with E-state index in [2.05, 4.69) is 5.32 Å². The van der Waals surface area contributed by atoms with Gasteiger partial charge in [-0.15, -0.1) is 11.8 Å². The number of urea groups is 1. The number of anilines is 1. The summed E-state index contributed by atoms with van der Waals surface area (Å²) in [6.45, 7) is 1.82. The molecule has 164 valence electrons. The minimum absolute atomic E-state index is 0.0807. The molecule has 0 radical (unpaired) electrons. The van der Waals surface area contributed by atoms with Crippen molar-refractivity contribution >= 4 is 52.6 Å². The maximum Gasteiger partial charge on any atom is 0.321 e. The van der Waals surface area contributed by atoms with Crippen molar-refractivity contribution in [1.82, 2.24) is 9.80 Å². The number of likely N-dealkylation sites (tertiary alicyclic amines) is 1. The van der Waals surface area contributed by atoms with E-state index in [1.54, 1.807) is 54.1 Å². The average molecular weight is 480 g/mol. The first-order valence-electron chi connectivity index (χ1n) is 10.0. The number of rotatable bonds is 3. The molecule has 2 fully saturated rings. The van der Waals surface area contributed by atoms with E-state index in [1.807, 2.05) is 17.0 Å². The number of benzene rings is 2. The fraction of sp³-hybridized carbons (Fsp3) is 0.364. The number of hydrogen-bond acceptors (Lipinski definition) is 4. The average Bonchev–Trinajstić information content (AvgIpc) is 3.17. The van der Waals surface area contributed by atoms with Crippen molar-refractivity contribution in [2.45, 2.75) is 17.7 Å². The van der Waals surface area contributed by atoms with Crippen molar-refractivity contribution in [3.05, 3.63) is 58.1 Å². The Labute approximate surface area is 195 Å². The number of carbonyl (C=O) groups is 2. The highest BCUT2D eigenvalue weighted by Gasteiger charge is 2.47. The predicted molar refractivity (Wildman–Crippen MR) is 126 cm³/mol. The Kier molecular flexibility index (Phi) is 6.55. The molecule has 2 heterocycles. The molecule has 2 saturated heterocycles. The van der Waals surface area contributed by atoms with E-state index in [0.29, 0.717) is 48.1 Å². The second kappa shape index (κ2) is 9.18. The summed E-state index contributed by atoms with van der Waals surface area (Å²) in [5, 5.41) is 3.79. The van der Waals surface area contributed by atoms with Crippen molar-refractivity contribution in [2.24, 2.45) is 0 Å². The Bertz CT molecular complexity index is 978. The Hall–Kier alpha value is -2.09. The van der Waals surface area contributed by atoms with Crippen LogP contribution in [0.15, 0.2) is 42.5 Å². The lowest BCUT2D eigenvalue weighted by atomic mass is 10.0. The van der Waals surface area contributed by atoms with Crippen LogP contribution in [0.4, 0.5) is 10.5 Å². The lowest BCUT2D eigenvalue weighted by Gasteiger charge is -2.44. The quantitative estimate of drug-likeness (QED) is 0.655. The number of hydrogen-bond donors (Lipinski definition) is 1. The number of nitrogens with zero attached hydrogens (tertiary/aromatic N) is 2. The van der Waals surface area contributed by atoms with Gasteiger partial charge in [0.25, 0.3) is 5.91 Å². The molecule has 2 aromatic rings. The maximum absolute atomic E-state index is 13.2. The zero-order valence-corrected chi connectivity index (χ0v) is 19.4. The van der Waals surface area contributed by atoms with Crippen LogP contribution in [0.5, 0.6) is 5.75 Å². The molecule has 0 aromatic heterocycles. The molecule has 9 heteroatoms. The molecule has 0 unspecified atom stereocenters. The van der Waals surface area contributed by atoms with Gasteiger partial charge in [0.15, 0.2) is 0 Å². The first-order valence-corrected chi connectivity index (χ1v) is 11.8. The van der Waals surface area contributed by atoms with Gasteiger partial charge in [0.05, 0.1) is 22.6 Å². The summed E-state index contributed by atoms with van der Waals surface area (Å²) >= 11 is 14.1. The third-order valence-electron chi connectivity index (χ3n) is 5.76. The fourth-order valence-electron chi connectivity index (χ4n) is 4.05. The molecule has 0 aliphatic carbocycles. The van der Waals surface area contributed by atoms with Crippen LogP contribution >= 0.6 is 35.0 Å². The first kappa shape index (κ1) is 22.1. The molecular formula is C22H23Cl2N3O3S. The highest BCUT2D eigenvalue weighted by molar-refractivity contribution is 8.00. The molecule has 2 aliphatic heterocycles. The Morgan fingerprint density at radius 2 is 1.77 bits per heavy atom. The summed E-state index contributed by atoms with van der Waals surface area (Å²) in [6.07, 6.45) is 1.43. The van der Waals surface area contributed by atoms with Gasteiger partial charge in [0.2, 0.25) is 0 Å². The zero-order valence-electron chi connectivity index (χ0n) is 17.1. The van der Waals surface area contributed by atoms with Crippen molar-refractivity contribution < 1.29 is 14.3 Å². The van der Waals surface area contributed by atoms with Gasteiger partial charge in [-0.3, -0.25) is 4.79 Å². The van der Waals surface area contributed by atoms with Crippen molar-refractivity contribution in [3.8, 4) is 5.75 Å². The Morgan fingerprint density at radius 1 is 1.06 bits per heavy atom. The third kappa shape index (κ3) is 4.59. The number of thioether (sulfide) groups is 1. The minimum atomic E-state index is -0.309. The van der Waals surface area contributed by atoms with E-state index in [0.717, 1.165) is 17.2 Å². The molecule has 0 bridgehead atoms. The number of amides is 3. The van der Waals surface area contributed by atoms with Crippen LogP contribution in [0.25, 0.3) is 0 Å². The van der Waals surface area contributed by atoms with E-state index in [4.69, 9.17) is 27.9 Å². The number of halogens is 2. The summed E-state index contributed by atoms with van der Waals surface area (Å²) in [7, 11) is 1.60. The molecular weight excluding hydrogens is 457 g/mol. The minimum Gasteiger partial charge on any atom is -0.497 e. The zero-order chi connectivity index (χ0) is 22.0. The molecule has 4 rings (SSSR count). The summed E-state index contributed by atoms with van der Waals surface area (Å²) in [6, 6.07) is 12.1. The molecule has 1 N–H and O–H groups in total. The molecule has 0 atom stereocenters. The van der Waals surface area contributed by atoms with E-state index in [9.17, 15) is 9.59 Å². The van der Waals surface area contributed by atoms with Crippen LogP contribution in [-0.4, -0.2) is 59.1 Å². The van der Waals surface area contributed by atoms with E-state index in [1.165, 1.54) is 0 Å². The van der Waals surface area contributed by atoms with Crippen LogP contribution in [0.2, 0.25) is 10.0 Å². The van der Waals surface area contributed by atoms with Crippen LogP contribution in [0, 0.1) is 0 Å². The smallest absolute Gasteiger partial charge is 0.321 e. The number of carbonyl (C=O) groups excluding carboxylic acids is 2. The molecule has 2 aromatic carbocycles. The van der Waals surface area contributed by atoms with E-state index in [-0.39, 0.29) is 16.8 Å². The number of methoxy groups -OCH3 is 1. The highest BCUT2D eigenvalue weighted by atomic mass is 35.5. The predicted octanol–water partition coefficient (Wildman–Crippen LogP) is 5.22. The molecule has 31 heavy (non-hydrogen) atoms. The standard InChI is InChI=1S/C22H23Cl2N3O3S/c1-30-17-5-3-16(4-6-17)25-21(29)26-10-8-22(9-11-26)27(12-13-31-22)20(28)18-7-2-15(23)14-19(18)24/h2-7,14H,8-13H2,1H3,(H,25,29). The number of ether oxygens (including phenoxy) is 1. The van der Waals surface area contributed by atoms with Crippen molar-refractivity contribution in [3.63, 3.8) is 0 Å². The Balaban J connectivity index is 1.41. The van der Waals surface area contributed by atoms with Gasteiger partial charge in [-0.2, -0.15) is 0 Å². The maximum atomic E-state index is 13.2. The fourth-order valence-corrected chi connectivity index (χ4v) is 6.00. The Morgan fingerprint density at radius 3 is 2.42 bits per heavy atom. The van der Waals surface area contributed by atoms with Gasteiger partial charge in [-0.05, 0) is 55.3 Å². The van der Waals surface area contributed by atoms with Gasteiger partial charge >= 0.3 is 6.03 Å². The summed E-state index contributed by atoms with van der Waals surface area (Å²) in [5.41, 5.74) is 1.18. The van der Waals surface area contributed by atoms with E-state index >= 15 is 0 Å². The van der Waals surface area contributed by atoms with Gasteiger partial charge < -0.3 is 19.9 Å². The van der Waals surface area contributed by atoms with Gasteiger partial charge in [0.1, 0.15) is 5.75 Å². The van der Waals surface area contributed by atoms with Crippen LogP contribution < -0.4 is 10.1 Å². The molecule has 3 amide bonds. The van der Waals surface area contributed by atoms with Gasteiger partial charge in [0, 0.05) is 36.1 Å². The number of piperidine rings is 1. The van der Waals surface area contributed by atoms with Crippen molar-refractivity contribution in [1.29, 1.82) is 0 Å². The summed E-state index contributed by atoms with van der Waals surface area (Å²) in [4.78, 5) is 29.4. The molecule has 2 aliphatic rings. The van der Waals surface area contributed by atoms with Crippen LogP contribution in [0.1, 0.15) is 23.2 Å². The highest BCUT2D eigenvalue weighted by Crippen LogP contribution is 2.45. The number of nitrogens with one attached hydrogen (secondary N) is 1. The second-order valence-electron chi connectivity index (χ2n) is 7.52. The summed E-state index contributed by atoms with van der Waals surface area (Å²) in [5.74, 6) is 1.53. The summed E-state index contributed by atoms with van der Waals surface area (Å²) < 4.78 is 5.15. The monoisotopic (exact) mass is 479 g/mol. The van der Waals surface area contributed by atoms with E-state index < -0.39 is 0 Å². The second-order valence-corrected chi connectivity index (χ2v) is 9.82. The topological polar surface area (TPSA) is 61.9 Å². The third-order valence-corrected chi connectivity index (χ3v) is 7.86. The van der Waals surface area contributed by atoms with Crippen molar-refractivity contribution in [2.75, 3.05) is 37.8 Å². The molecule has 0 saturated carbocycles. The molecule has 6 nitrogen and oxygen atoms in total. The van der Waals surface area contributed by atoms with Gasteiger partial charge in [-0.1, -0.05) is 23.2 Å².